The van der Waals surface area contributed by atoms with Crippen molar-refractivity contribution < 1.29 is 19.5 Å². The number of rotatable bonds is 8. The van der Waals surface area contributed by atoms with Gasteiger partial charge in [0.2, 0.25) is 0 Å². The number of carboxylic acid groups (broad SMARTS) is 1. The van der Waals surface area contributed by atoms with Crippen LogP contribution in [-0.4, -0.2) is 28.8 Å². The summed E-state index contributed by atoms with van der Waals surface area (Å²) >= 11 is 18.3. The zero-order chi connectivity index (χ0) is 24.1. The normalized spacial score (nSPS) is 11.6. The second kappa shape index (κ2) is 10.8. The molecule has 3 rings (SSSR count). The zero-order valence-electron chi connectivity index (χ0n) is 17.6. The number of carboxylic acids is 1. The van der Waals surface area contributed by atoms with Crippen LogP contribution in [0, 0.1) is 6.92 Å². The lowest BCUT2D eigenvalue weighted by molar-refractivity contribution is -0.139. The lowest BCUT2D eigenvalue weighted by Gasteiger charge is -2.16. The van der Waals surface area contributed by atoms with Crippen LogP contribution in [0.2, 0.25) is 15.1 Å². The molecular formula is C25H20Cl3NO4. The molecule has 0 aromatic heterocycles. The number of aliphatic carboxylic acids is 1. The van der Waals surface area contributed by atoms with Gasteiger partial charge in [0.05, 0.1) is 26.2 Å². The molecule has 0 saturated heterocycles. The predicted molar refractivity (Wildman–Crippen MR) is 130 cm³/mol. The van der Waals surface area contributed by atoms with Gasteiger partial charge in [0, 0.05) is 12.8 Å². The third kappa shape index (κ3) is 6.14. The summed E-state index contributed by atoms with van der Waals surface area (Å²) in [6.45, 7) is 1.73. The van der Waals surface area contributed by atoms with E-state index in [-0.39, 0.29) is 44.8 Å². The molecule has 33 heavy (non-hydrogen) atoms. The van der Waals surface area contributed by atoms with Crippen LogP contribution in [0.1, 0.15) is 37.4 Å². The molecule has 2 N–H and O–H groups in total. The van der Waals surface area contributed by atoms with E-state index in [1.165, 1.54) is 0 Å². The first-order valence-corrected chi connectivity index (χ1v) is 11.1. The molecule has 3 aromatic carbocycles. The molecule has 5 nitrogen and oxygen atoms in total. The molecule has 170 valence electrons. The number of halogens is 3. The van der Waals surface area contributed by atoms with Crippen molar-refractivity contribution >= 4 is 52.5 Å². The molecule has 0 saturated carbocycles. The molecule has 1 unspecified atom stereocenters. The van der Waals surface area contributed by atoms with Crippen LogP contribution in [0.25, 0.3) is 0 Å². The van der Waals surface area contributed by atoms with Gasteiger partial charge in [-0.25, -0.2) is 4.79 Å². The Morgan fingerprint density at radius 3 is 1.88 bits per heavy atom. The van der Waals surface area contributed by atoms with E-state index < -0.39 is 17.9 Å². The van der Waals surface area contributed by atoms with Gasteiger partial charge in [-0.15, -0.1) is 0 Å². The van der Waals surface area contributed by atoms with E-state index in [0.29, 0.717) is 11.1 Å². The monoisotopic (exact) mass is 503 g/mol. The molecule has 0 heterocycles. The van der Waals surface area contributed by atoms with E-state index in [1.54, 1.807) is 67.6 Å². The summed E-state index contributed by atoms with van der Waals surface area (Å²) in [5, 5.41) is 13.0. The number of carbonyl (C=O) groups excluding carboxylic acids is 2. The molecule has 0 bridgehead atoms. The van der Waals surface area contributed by atoms with Gasteiger partial charge in [0.25, 0.3) is 5.91 Å². The summed E-state index contributed by atoms with van der Waals surface area (Å²) in [7, 11) is 0. The first-order valence-electron chi connectivity index (χ1n) is 10.0. The van der Waals surface area contributed by atoms with Gasteiger partial charge in [-0.2, -0.15) is 0 Å². The first-order chi connectivity index (χ1) is 15.7. The quantitative estimate of drug-likeness (QED) is 0.379. The maximum absolute atomic E-state index is 12.6. The molecule has 8 heteroatoms. The third-order valence-electron chi connectivity index (χ3n) is 5.12. The molecule has 1 atom stereocenters. The van der Waals surface area contributed by atoms with E-state index in [0.717, 1.165) is 5.56 Å². The van der Waals surface area contributed by atoms with Crippen LogP contribution in [0.5, 0.6) is 0 Å². The number of hydrogen-bond donors (Lipinski definition) is 2. The minimum Gasteiger partial charge on any atom is -0.480 e. The molecule has 1 amide bonds. The number of carbonyl (C=O) groups is 3. The van der Waals surface area contributed by atoms with Gasteiger partial charge in [0.15, 0.2) is 5.78 Å². The topological polar surface area (TPSA) is 83.5 Å². The highest BCUT2D eigenvalue weighted by Gasteiger charge is 2.23. The molecule has 0 aliphatic rings. The number of benzene rings is 3. The predicted octanol–water partition coefficient (Wildman–Crippen LogP) is 5.81. The summed E-state index contributed by atoms with van der Waals surface area (Å²) in [6.07, 6.45) is 0.157. The van der Waals surface area contributed by atoms with Crippen molar-refractivity contribution in [3.05, 3.63) is 104 Å². The fourth-order valence-corrected chi connectivity index (χ4v) is 4.33. The van der Waals surface area contributed by atoms with Crippen molar-refractivity contribution in [2.45, 2.75) is 25.8 Å². The van der Waals surface area contributed by atoms with Crippen LogP contribution < -0.4 is 5.32 Å². The number of nitrogens with one attached hydrogen (secondary N) is 1. The van der Waals surface area contributed by atoms with E-state index in [1.807, 2.05) is 0 Å². The van der Waals surface area contributed by atoms with Crippen LogP contribution in [0.3, 0.4) is 0 Å². The molecular weight excluding hydrogens is 485 g/mol. The van der Waals surface area contributed by atoms with Gasteiger partial charge in [-0.1, -0.05) is 77.3 Å². The van der Waals surface area contributed by atoms with Crippen LogP contribution in [-0.2, 0) is 17.6 Å². The van der Waals surface area contributed by atoms with Gasteiger partial charge in [0.1, 0.15) is 6.04 Å². The first kappa shape index (κ1) is 24.8. The number of hydrogen-bond acceptors (Lipinski definition) is 3. The van der Waals surface area contributed by atoms with Crippen molar-refractivity contribution in [2.24, 2.45) is 0 Å². The van der Waals surface area contributed by atoms with Gasteiger partial charge < -0.3 is 10.4 Å². The van der Waals surface area contributed by atoms with Crippen LogP contribution in [0.15, 0.2) is 60.7 Å². The second-order valence-corrected chi connectivity index (χ2v) is 8.73. The lowest BCUT2D eigenvalue weighted by Crippen LogP contribution is -2.42. The smallest absolute Gasteiger partial charge is 0.326 e. The summed E-state index contributed by atoms with van der Waals surface area (Å²) < 4.78 is 0. The Hall–Kier alpha value is -2.86. The standard InChI is InChI=1S/C25H20Cl3NO4/c1-14-4-2-5-17(26)22(14)24(31)29-20(25(32)33)12-15-8-10-16(11-9-15)13-21(30)23-18(27)6-3-7-19(23)28/h2-11,20H,12-13H2,1H3,(H,29,31)(H,32,33). The number of amides is 1. The summed E-state index contributed by atoms with van der Waals surface area (Å²) in [5.74, 6) is -1.94. The Kier molecular flexibility index (Phi) is 8.14. The summed E-state index contributed by atoms with van der Waals surface area (Å²) in [5.41, 5.74) is 2.58. The maximum Gasteiger partial charge on any atom is 0.326 e. The zero-order valence-corrected chi connectivity index (χ0v) is 19.8. The molecule has 0 aliphatic carbocycles. The highest BCUT2D eigenvalue weighted by molar-refractivity contribution is 6.39. The fourth-order valence-electron chi connectivity index (χ4n) is 3.42. The van der Waals surface area contributed by atoms with Crippen LogP contribution in [0.4, 0.5) is 0 Å². The highest BCUT2D eigenvalue weighted by atomic mass is 35.5. The Labute approximate surface area is 206 Å². The summed E-state index contributed by atoms with van der Waals surface area (Å²) in [6, 6.07) is 15.7. The number of Topliss-reactive ketones (excluding diaryl/α,β-unsaturated/α-hetero) is 1. The fraction of sp³-hybridized carbons (Fsp3) is 0.160. The SMILES string of the molecule is Cc1cccc(Cl)c1C(=O)NC(Cc1ccc(CC(=O)c2c(Cl)cccc2Cl)cc1)C(=O)O. The Morgan fingerprint density at radius 1 is 0.818 bits per heavy atom. The van der Waals surface area contributed by atoms with Crippen LogP contribution >= 0.6 is 34.8 Å². The minimum atomic E-state index is -1.17. The summed E-state index contributed by atoms with van der Waals surface area (Å²) in [4.78, 5) is 37.0. The molecule has 3 aromatic rings. The van der Waals surface area contributed by atoms with Gasteiger partial charge in [-0.3, -0.25) is 9.59 Å². The molecule has 0 radical (unpaired) electrons. The van der Waals surface area contributed by atoms with E-state index in [9.17, 15) is 19.5 Å². The van der Waals surface area contributed by atoms with Gasteiger partial charge >= 0.3 is 5.97 Å². The van der Waals surface area contributed by atoms with Crippen molar-refractivity contribution in [1.82, 2.24) is 5.32 Å². The van der Waals surface area contributed by atoms with E-state index in [4.69, 9.17) is 34.8 Å². The molecule has 0 aliphatic heterocycles. The third-order valence-corrected chi connectivity index (χ3v) is 6.07. The largest absolute Gasteiger partial charge is 0.480 e. The lowest BCUT2D eigenvalue weighted by atomic mass is 9.99. The van der Waals surface area contributed by atoms with E-state index >= 15 is 0 Å². The Morgan fingerprint density at radius 2 is 1.33 bits per heavy atom. The molecule has 0 spiro atoms. The number of ketones is 1. The number of aryl methyl sites for hydroxylation is 1. The minimum absolute atomic E-state index is 0.0646. The van der Waals surface area contributed by atoms with Crippen molar-refractivity contribution in [3.8, 4) is 0 Å². The highest BCUT2D eigenvalue weighted by Crippen LogP contribution is 2.26. The van der Waals surface area contributed by atoms with Crippen molar-refractivity contribution in [3.63, 3.8) is 0 Å². The van der Waals surface area contributed by atoms with E-state index in [2.05, 4.69) is 5.32 Å². The Bertz CT molecular complexity index is 1170. The maximum atomic E-state index is 12.6. The molecule has 0 fully saturated rings. The van der Waals surface area contributed by atoms with Crippen molar-refractivity contribution in [2.75, 3.05) is 0 Å². The van der Waals surface area contributed by atoms with Crippen molar-refractivity contribution in [1.29, 1.82) is 0 Å². The average Bonchev–Trinajstić information content (AvgIpc) is 2.74. The average molecular weight is 505 g/mol. The van der Waals surface area contributed by atoms with Gasteiger partial charge in [-0.05, 0) is 41.8 Å². The Balaban J connectivity index is 1.70. The second-order valence-electron chi connectivity index (χ2n) is 7.51.